The lowest BCUT2D eigenvalue weighted by atomic mass is 9.79. The van der Waals surface area contributed by atoms with Gasteiger partial charge in [0.25, 0.3) is 0 Å². The van der Waals surface area contributed by atoms with Gasteiger partial charge in [-0.3, -0.25) is 0 Å². The summed E-state index contributed by atoms with van der Waals surface area (Å²) in [7, 11) is 0. The zero-order valence-corrected chi connectivity index (χ0v) is 28.0. The number of benzene rings is 7. The fourth-order valence-corrected chi connectivity index (χ4v) is 9.63. The van der Waals surface area contributed by atoms with Crippen LogP contribution < -0.4 is 0 Å². The molecule has 0 N–H and O–H groups in total. The highest BCUT2D eigenvalue weighted by molar-refractivity contribution is 8.03. The van der Waals surface area contributed by atoms with Crippen molar-refractivity contribution >= 4 is 49.7 Å². The number of thioether (sulfide) groups is 1. The first-order chi connectivity index (χ1) is 24.3. The van der Waals surface area contributed by atoms with E-state index in [2.05, 4.69) is 164 Å². The molecular formula is C48H34S. The normalized spacial score (nSPS) is 16.9. The Labute approximate surface area is 291 Å². The van der Waals surface area contributed by atoms with Crippen LogP contribution in [-0.4, -0.2) is 0 Å². The minimum absolute atomic E-state index is 0.370. The maximum absolute atomic E-state index is 2.52. The molecule has 0 saturated heterocycles. The van der Waals surface area contributed by atoms with Gasteiger partial charge in [-0.1, -0.05) is 151 Å². The molecule has 0 saturated carbocycles. The van der Waals surface area contributed by atoms with E-state index in [-0.39, 0.29) is 0 Å². The van der Waals surface area contributed by atoms with Crippen LogP contribution in [0.15, 0.2) is 185 Å². The van der Waals surface area contributed by atoms with Crippen molar-refractivity contribution in [2.45, 2.75) is 30.1 Å². The highest BCUT2D eigenvalue weighted by Gasteiger charge is 2.35. The maximum Gasteiger partial charge on any atom is 0.0211 e. The van der Waals surface area contributed by atoms with E-state index in [9.17, 15) is 0 Å². The van der Waals surface area contributed by atoms with Gasteiger partial charge in [-0.2, -0.15) is 0 Å². The van der Waals surface area contributed by atoms with Crippen molar-refractivity contribution in [1.82, 2.24) is 0 Å². The summed E-state index contributed by atoms with van der Waals surface area (Å²) < 4.78 is 0. The van der Waals surface area contributed by atoms with Crippen LogP contribution in [0, 0.1) is 0 Å². The molecule has 232 valence electrons. The molecule has 0 aromatic heterocycles. The lowest BCUT2D eigenvalue weighted by Gasteiger charge is -2.26. The molecule has 2 aliphatic carbocycles. The Morgan fingerprint density at radius 3 is 1.88 bits per heavy atom. The zero-order chi connectivity index (χ0) is 32.3. The average molecular weight is 643 g/mol. The fourth-order valence-electron chi connectivity index (χ4n) is 8.30. The molecule has 0 nitrogen and oxygen atoms in total. The number of hydrogen-bond donors (Lipinski definition) is 0. The fraction of sp³-hybridized carbons (Fsp3) is 0.0833. The summed E-state index contributed by atoms with van der Waals surface area (Å²) in [5.41, 5.74) is 12.2. The molecule has 49 heavy (non-hydrogen) atoms. The van der Waals surface area contributed by atoms with Crippen molar-refractivity contribution in [3.05, 3.63) is 191 Å². The van der Waals surface area contributed by atoms with E-state index >= 15 is 0 Å². The average Bonchev–Trinajstić information content (AvgIpc) is 3.56. The molecule has 3 aliphatic rings. The monoisotopic (exact) mass is 642 g/mol. The molecule has 10 rings (SSSR count). The number of allylic oxidation sites excluding steroid dienone is 8. The minimum Gasteiger partial charge on any atom is -0.0929 e. The molecule has 7 aromatic rings. The molecule has 0 amide bonds. The van der Waals surface area contributed by atoms with E-state index in [0.29, 0.717) is 5.92 Å². The second-order valence-electron chi connectivity index (χ2n) is 13.5. The van der Waals surface area contributed by atoms with Crippen LogP contribution in [0.5, 0.6) is 0 Å². The molecule has 7 aromatic carbocycles. The quantitative estimate of drug-likeness (QED) is 0.172. The van der Waals surface area contributed by atoms with Crippen molar-refractivity contribution in [3.63, 3.8) is 0 Å². The van der Waals surface area contributed by atoms with Gasteiger partial charge in [0.2, 0.25) is 0 Å². The molecule has 1 atom stereocenters. The summed E-state index contributed by atoms with van der Waals surface area (Å²) in [6.07, 6.45) is 12.7. The van der Waals surface area contributed by atoms with E-state index < -0.39 is 0 Å². The van der Waals surface area contributed by atoms with Gasteiger partial charge in [0.1, 0.15) is 0 Å². The molecule has 0 fully saturated rings. The van der Waals surface area contributed by atoms with Crippen LogP contribution >= 0.6 is 11.8 Å². The van der Waals surface area contributed by atoms with Gasteiger partial charge in [-0.25, -0.2) is 0 Å². The van der Waals surface area contributed by atoms with Crippen LogP contribution in [-0.2, 0) is 0 Å². The highest BCUT2D eigenvalue weighted by atomic mass is 32.2. The molecule has 1 heteroatoms. The summed E-state index contributed by atoms with van der Waals surface area (Å²) in [5, 5.41) is 7.88. The molecule has 0 bridgehead atoms. The Morgan fingerprint density at radius 1 is 0.490 bits per heavy atom. The first-order valence-electron chi connectivity index (χ1n) is 17.4. The lowest BCUT2D eigenvalue weighted by molar-refractivity contribution is 0.792. The summed E-state index contributed by atoms with van der Waals surface area (Å²) in [4.78, 5) is 2.89. The third-order valence-corrected chi connectivity index (χ3v) is 12.0. The van der Waals surface area contributed by atoms with Gasteiger partial charge >= 0.3 is 0 Å². The van der Waals surface area contributed by atoms with Gasteiger partial charge in [0, 0.05) is 15.7 Å². The van der Waals surface area contributed by atoms with Gasteiger partial charge in [-0.05, 0) is 126 Å². The van der Waals surface area contributed by atoms with E-state index in [1.165, 1.54) is 92.2 Å². The summed E-state index contributed by atoms with van der Waals surface area (Å²) in [6, 6.07) is 52.0. The van der Waals surface area contributed by atoms with Crippen LogP contribution in [0.3, 0.4) is 0 Å². The highest BCUT2D eigenvalue weighted by Crippen LogP contribution is 2.57. The maximum atomic E-state index is 2.52. The molecule has 1 unspecified atom stereocenters. The molecular weight excluding hydrogens is 609 g/mol. The van der Waals surface area contributed by atoms with E-state index in [0.717, 1.165) is 19.3 Å². The Bertz CT molecular complexity index is 2560. The zero-order valence-electron chi connectivity index (χ0n) is 27.2. The lowest BCUT2D eigenvalue weighted by Crippen LogP contribution is -2.08. The summed E-state index contributed by atoms with van der Waals surface area (Å²) >= 11 is 1.98. The predicted octanol–water partition coefficient (Wildman–Crippen LogP) is 13.7. The first kappa shape index (κ1) is 28.6. The van der Waals surface area contributed by atoms with Crippen molar-refractivity contribution in [3.8, 4) is 22.3 Å². The number of fused-ring (bicyclic) bond motifs is 9. The largest absolute Gasteiger partial charge is 0.0929 e. The SMILES string of the molecule is C1=CCCC(C2=CC(c3cccc(-c4ccc5c6ccccc6c6ccccc6c5c4)c3)=C3Sc4ccc(-c5ccccc5)cc4C3C2)=C1. The molecule has 0 spiro atoms. The van der Waals surface area contributed by atoms with Gasteiger partial charge in [0.15, 0.2) is 0 Å². The van der Waals surface area contributed by atoms with Crippen LogP contribution in [0.25, 0.3) is 60.1 Å². The van der Waals surface area contributed by atoms with E-state index in [1.54, 1.807) is 0 Å². The van der Waals surface area contributed by atoms with Crippen molar-refractivity contribution in [2.75, 3.05) is 0 Å². The Balaban J connectivity index is 1.12. The molecule has 1 aliphatic heterocycles. The first-order valence-corrected chi connectivity index (χ1v) is 18.2. The second kappa shape index (κ2) is 11.7. The van der Waals surface area contributed by atoms with Crippen molar-refractivity contribution in [2.24, 2.45) is 0 Å². The predicted molar refractivity (Wildman–Crippen MR) is 211 cm³/mol. The number of hydrogen-bond acceptors (Lipinski definition) is 1. The second-order valence-corrected chi connectivity index (χ2v) is 14.6. The van der Waals surface area contributed by atoms with Crippen LogP contribution in [0.1, 0.15) is 36.3 Å². The standard InChI is InChI=1S/C48H34S/c1-3-12-31(13-4-1)34-23-25-47-45(28-34)46-30-37(32-14-5-2-6-15-32)29-43(48(46)49-47)36-17-11-16-33(26-36)35-22-24-42-40-20-8-7-18-38(40)39-19-9-10-21-41(39)44(42)27-35/h1-5,7-14,16-29,46H,6,15,30H2. The van der Waals surface area contributed by atoms with Crippen molar-refractivity contribution < 1.29 is 0 Å². The van der Waals surface area contributed by atoms with Crippen LogP contribution in [0.2, 0.25) is 0 Å². The topological polar surface area (TPSA) is 0 Å². The summed E-state index contributed by atoms with van der Waals surface area (Å²) in [6.45, 7) is 0. The van der Waals surface area contributed by atoms with E-state index in [4.69, 9.17) is 0 Å². The van der Waals surface area contributed by atoms with Crippen LogP contribution in [0.4, 0.5) is 0 Å². The summed E-state index contributed by atoms with van der Waals surface area (Å²) in [5.74, 6) is 0.370. The van der Waals surface area contributed by atoms with E-state index in [1.807, 2.05) is 11.8 Å². The smallest absolute Gasteiger partial charge is 0.0211 e. The third-order valence-electron chi connectivity index (χ3n) is 10.7. The Kier molecular flexibility index (Phi) is 6.81. The minimum atomic E-state index is 0.370. The van der Waals surface area contributed by atoms with Gasteiger partial charge < -0.3 is 0 Å². The van der Waals surface area contributed by atoms with Gasteiger partial charge in [0.05, 0.1) is 0 Å². The molecule has 1 heterocycles. The Hall–Kier alpha value is -5.37. The Morgan fingerprint density at radius 2 is 1.12 bits per heavy atom. The van der Waals surface area contributed by atoms with Crippen molar-refractivity contribution in [1.29, 1.82) is 0 Å². The number of rotatable bonds is 4. The third kappa shape index (κ3) is 4.84. The van der Waals surface area contributed by atoms with Gasteiger partial charge in [-0.15, -0.1) is 0 Å². The molecule has 0 radical (unpaired) electrons.